The van der Waals surface area contributed by atoms with E-state index in [0.717, 1.165) is 17.9 Å². The number of fused-ring (bicyclic) bond motifs is 2. The standard InChI is InChI=1S/C16H29N/c1-15(2)13-7-9-16(3,11-13)14(15)17-10-8-12-5-4-6-12/h12-14,17H,4-11H2,1-3H3. The smallest absolute Gasteiger partial charge is 0.0175 e. The molecule has 0 aromatic rings. The zero-order chi connectivity index (χ0) is 12.1. The number of rotatable bonds is 4. The highest BCUT2D eigenvalue weighted by Gasteiger charge is 2.58. The van der Waals surface area contributed by atoms with Crippen LogP contribution in [-0.4, -0.2) is 12.6 Å². The molecule has 3 rings (SSSR count). The summed E-state index contributed by atoms with van der Waals surface area (Å²) in [4.78, 5) is 0. The largest absolute Gasteiger partial charge is 0.313 e. The lowest BCUT2D eigenvalue weighted by Crippen LogP contribution is -2.50. The van der Waals surface area contributed by atoms with Gasteiger partial charge in [-0.15, -0.1) is 0 Å². The van der Waals surface area contributed by atoms with Crippen LogP contribution in [0.5, 0.6) is 0 Å². The molecule has 0 radical (unpaired) electrons. The fourth-order valence-electron chi connectivity index (χ4n) is 5.02. The molecule has 0 aromatic heterocycles. The first-order valence-electron chi connectivity index (χ1n) is 7.76. The van der Waals surface area contributed by atoms with Crippen LogP contribution in [0.4, 0.5) is 0 Å². The second-order valence-corrected chi connectivity index (χ2v) is 7.89. The molecule has 0 aromatic carbocycles. The van der Waals surface area contributed by atoms with Gasteiger partial charge < -0.3 is 5.32 Å². The van der Waals surface area contributed by atoms with E-state index in [-0.39, 0.29) is 0 Å². The van der Waals surface area contributed by atoms with Crippen LogP contribution in [0, 0.1) is 22.7 Å². The van der Waals surface area contributed by atoms with Gasteiger partial charge in [-0.25, -0.2) is 0 Å². The molecule has 3 atom stereocenters. The molecule has 0 amide bonds. The van der Waals surface area contributed by atoms with Crippen LogP contribution in [-0.2, 0) is 0 Å². The van der Waals surface area contributed by atoms with Crippen molar-refractivity contribution in [2.75, 3.05) is 6.54 Å². The molecule has 3 aliphatic rings. The van der Waals surface area contributed by atoms with Crippen molar-refractivity contribution in [3.63, 3.8) is 0 Å². The van der Waals surface area contributed by atoms with E-state index in [1.54, 1.807) is 0 Å². The predicted octanol–water partition coefficient (Wildman–Crippen LogP) is 3.98. The van der Waals surface area contributed by atoms with Crippen LogP contribution in [0.25, 0.3) is 0 Å². The number of hydrogen-bond acceptors (Lipinski definition) is 1. The molecule has 0 saturated heterocycles. The van der Waals surface area contributed by atoms with E-state index in [4.69, 9.17) is 0 Å². The topological polar surface area (TPSA) is 12.0 Å². The Morgan fingerprint density at radius 2 is 1.88 bits per heavy atom. The molecule has 3 saturated carbocycles. The van der Waals surface area contributed by atoms with E-state index in [9.17, 15) is 0 Å². The minimum Gasteiger partial charge on any atom is -0.313 e. The zero-order valence-corrected chi connectivity index (χ0v) is 11.9. The van der Waals surface area contributed by atoms with E-state index in [1.807, 2.05) is 0 Å². The summed E-state index contributed by atoms with van der Waals surface area (Å²) < 4.78 is 0. The van der Waals surface area contributed by atoms with Crippen LogP contribution < -0.4 is 5.32 Å². The highest BCUT2D eigenvalue weighted by atomic mass is 15.0. The van der Waals surface area contributed by atoms with Crippen molar-refractivity contribution >= 4 is 0 Å². The molecule has 98 valence electrons. The van der Waals surface area contributed by atoms with Crippen molar-refractivity contribution in [2.45, 2.75) is 71.8 Å². The SMILES string of the molecule is CC12CCC(C1)C(C)(C)C2NCCC1CCC1. The Bertz CT molecular complexity index is 287. The predicted molar refractivity (Wildman–Crippen MR) is 73.0 cm³/mol. The van der Waals surface area contributed by atoms with Crippen molar-refractivity contribution in [2.24, 2.45) is 22.7 Å². The molecule has 0 aliphatic heterocycles. The average Bonchev–Trinajstić information content (AvgIpc) is 2.65. The minimum absolute atomic E-state index is 0.534. The molecule has 0 heterocycles. The van der Waals surface area contributed by atoms with Gasteiger partial charge in [-0.1, -0.05) is 40.0 Å². The van der Waals surface area contributed by atoms with Crippen molar-refractivity contribution in [1.29, 1.82) is 0 Å². The Morgan fingerprint density at radius 3 is 2.41 bits per heavy atom. The highest BCUT2D eigenvalue weighted by molar-refractivity contribution is 5.11. The molecule has 1 nitrogen and oxygen atoms in total. The summed E-state index contributed by atoms with van der Waals surface area (Å²) >= 11 is 0. The maximum absolute atomic E-state index is 3.94. The maximum Gasteiger partial charge on any atom is 0.0175 e. The van der Waals surface area contributed by atoms with Gasteiger partial charge in [0.15, 0.2) is 0 Å². The summed E-state index contributed by atoms with van der Waals surface area (Å²) in [5.74, 6) is 2.03. The summed E-state index contributed by atoms with van der Waals surface area (Å²) in [6, 6.07) is 0.772. The van der Waals surface area contributed by atoms with Crippen LogP contribution in [0.1, 0.15) is 65.7 Å². The second kappa shape index (κ2) is 3.98. The average molecular weight is 235 g/mol. The Labute approximate surface area is 107 Å². The molecule has 1 N–H and O–H groups in total. The molecule has 0 spiro atoms. The van der Waals surface area contributed by atoms with Crippen LogP contribution in [0.3, 0.4) is 0 Å². The summed E-state index contributed by atoms with van der Waals surface area (Å²) in [5, 5.41) is 3.94. The molecule has 1 heteroatoms. The van der Waals surface area contributed by atoms with Gasteiger partial charge in [0.2, 0.25) is 0 Å². The van der Waals surface area contributed by atoms with Gasteiger partial charge in [0.05, 0.1) is 0 Å². The fraction of sp³-hybridized carbons (Fsp3) is 1.00. The first kappa shape index (κ1) is 12.0. The summed E-state index contributed by atoms with van der Waals surface area (Å²) in [7, 11) is 0. The van der Waals surface area contributed by atoms with Crippen molar-refractivity contribution in [1.82, 2.24) is 5.32 Å². The lowest BCUT2D eigenvalue weighted by molar-refractivity contribution is 0.106. The summed E-state index contributed by atoms with van der Waals surface area (Å²) in [6.45, 7) is 8.80. The van der Waals surface area contributed by atoms with E-state index in [2.05, 4.69) is 26.1 Å². The third-order valence-electron chi connectivity index (χ3n) is 6.40. The molecular formula is C16H29N. The van der Waals surface area contributed by atoms with Crippen LogP contribution >= 0.6 is 0 Å². The Balaban J connectivity index is 1.57. The minimum atomic E-state index is 0.534. The monoisotopic (exact) mass is 235 g/mol. The molecule has 3 unspecified atom stereocenters. The van der Waals surface area contributed by atoms with Crippen molar-refractivity contribution < 1.29 is 0 Å². The van der Waals surface area contributed by atoms with E-state index in [0.29, 0.717) is 10.8 Å². The van der Waals surface area contributed by atoms with Gasteiger partial charge in [-0.2, -0.15) is 0 Å². The van der Waals surface area contributed by atoms with Crippen LogP contribution in [0.15, 0.2) is 0 Å². The van der Waals surface area contributed by atoms with Crippen molar-refractivity contribution in [3.05, 3.63) is 0 Å². The van der Waals surface area contributed by atoms with E-state index in [1.165, 1.54) is 51.5 Å². The third-order valence-corrected chi connectivity index (χ3v) is 6.40. The zero-order valence-electron chi connectivity index (χ0n) is 11.9. The fourth-order valence-corrected chi connectivity index (χ4v) is 5.02. The number of hydrogen-bond donors (Lipinski definition) is 1. The maximum atomic E-state index is 3.94. The van der Waals surface area contributed by atoms with Gasteiger partial charge in [0.1, 0.15) is 0 Å². The van der Waals surface area contributed by atoms with Gasteiger partial charge in [-0.05, 0) is 54.9 Å². The second-order valence-electron chi connectivity index (χ2n) is 7.89. The van der Waals surface area contributed by atoms with Gasteiger partial charge in [0.25, 0.3) is 0 Å². The lowest BCUT2D eigenvalue weighted by atomic mass is 9.68. The molecular weight excluding hydrogens is 206 g/mol. The number of nitrogens with one attached hydrogen (secondary N) is 1. The summed E-state index contributed by atoms with van der Waals surface area (Å²) in [6.07, 6.45) is 10.3. The quantitative estimate of drug-likeness (QED) is 0.777. The molecule has 2 bridgehead atoms. The summed E-state index contributed by atoms with van der Waals surface area (Å²) in [5.41, 5.74) is 1.14. The van der Waals surface area contributed by atoms with Crippen LogP contribution in [0.2, 0.25) is 0 Å². The van der Waals surface area contributed by atoms with E-state index >= 15 is 0 Å². The third kappa shape index (κ3) is 1.85. The van der Waals surface area contributed by atoms with Gasteiger partial charge in [-0.3, -0.25) is 0 Å². The molecule has 17 heavy (non-hydrogen) atoms. The first-order valence-corrected chi connectivity index (χ1v) is 7.76. The van der Waals surface area contributed by atoms with Gasteiger partial charge >= 0.3 is 0 Å². The van der Waals surface area contributed by atoms with E-state index < -0.39 is 0 Å². The Kier molecular flexibility index (Phi) is 2.81. The molecule has 3 aliphatic carbocycles. The molecule has 3 fully saturated rings. The highest BCUT2D eigenvalue weighted by Crippen LogP contribution is 2.62. The normalized spacial score (nSPS) is 43.9. The Morgan fingerprint density at radius 1 is 1.12 bits per heavy atom. The first-order chi connectivity index (χ1) is 8.02. The Hall–Kier alpha value is -0.0400. The lowest BCUT2D eigenvalue weighted by Gasteiger charge is -2.43. The van der Waals surface area contributed by atoms with Crippen molar-refractivity contribution in [3.8, 4) is 0 Å². The van der Waals surface area contributed by atoms with Gasteiger partial charge in [0, 0.05) is 6.04 Å².